The Morgan fingerprint density at radius 1 is 0.923 bits per heavy atom. The maximum Gasteiger partial charge on any atom is 0.356 e. The Hall–Kier alpha value is -2.35. The second-order valence-corrected chi connectivity index (χ2v) is 18.3. The number of nitrogens with one attached hydrogen (secondary N) is 2. The molecule has 2 aliphatic rings. The summed E-state index contributed by atoms with van der Waals surface area (Å²) in [5.74, 6) is -1.22. The number of unbranched alkanes of at least 4 members (excludes halogenated alkanes) is 2. The summed E-state index contributed by atoms with van der Waals surface area (Å²) in [6.07, 6.45) is 9.25. The van der Waals surface area contributed by atoms with Crippen molar-refractivity contribution in [1.82, 2.24) is 15.5 Å². The smallest absolute Gasteiger partial charge is 0.356 e. The summed E-state index contributed by atoms with van der Waals surface area (Å²) in [4.78, 5) is 67.4. The second kappa shape index (κ2) is 23.4. The Morgan fingerprint density at radius 2 is 1.60 bits per heavy atom. The molecule has 1 aromatic rings. The van der Waals surface area contributed by atoms with E-state index in [4.69, 9.17) is 14.2 Å². The minimum Gasteiger partial charge on any atom is -0.409 e. The summed E-state index contributed by atoms with van der Waals surface area (Å²) in [5, 5.41) is 6.06. The zero-order valence-corrected chi connectivity index (χ0v) is 33.7. The van der Waals surface area contributed by atoms with Crippen LogP contribution in [0.5, 0.6) is 0 Å². The predicted octanol–water partition coefficient (Wildman–Crippen LogP) is 5.39. The summed E-state index contributed by atoms with van der Waals surface area (Å²) in [6, 6.07) is 9.61. The molecule has 1 heterocycles. The highest BCUT2D eigenvalue weighted by Gasteiger charge is 2.46. The number of rotatable bonds is 23. The lowest BCUT2D eigenvalue weighted by atomic mass is 9.87. The van der Waals surface area contributed by atoms with E-state index in [0.717, 1.165) is 56.9 Å². The Morgan fingerprint density at radius 3 is 2.21 bits per heavy atom. The summed E-state index contributed by atoms with van der Waals surface area (Å²) in [5.41, 5.74) is 0.0491. The summed E-state index contributed by atoms with van der Waals surface area (Å²) >= 11 is 0. The summed E-state index contributed by atoms with van der Waals surface area (Å²) in [7, 11) is -2.61. The number of nitrogens with zero attached hydrogens (tertiary/aromatic N) is 1. The monoisotopic (exact) mass is 747 g/mol. The van der Waals surface area contributed by atoms with E-state index in [1.165, 1.54) is 0 Å². The number of likely N-dealkylation sites (tertiary alicyclic amines) is 1. The van der Waals surface area contributed by atoms with Crippen LogP contribution in [0.3, 0.4) is 0 Å². The van der Waals surface area contributed by atoms with E-state index in [1.54, 1.807) is 12.0 Å². The van der Waals surface area contributed by atoms with E-state index >= 15 is 0 Å². The molecule has 4 N–H and O–H groups in total. The van der Waals surface area contributed by atoms with Gasteiger partial charge >= 0.3 is 8.56 Å². The molecule has 1 saturated carbocycles. The van der Waals surface area contributed by atoms with Gasteiger partial charge in [0.25, 0.3) is 5.91 Å². The number of methoxy groups -OCH3 is 1. The van der Waals surface area contributed by atoms with Crippen LogP contribution in [0.4, 0.5) is 0 Å². The third-order valence-corrected chi connectivity index (χ3v) is 13.4. The number of carbonyl (C=O) groups is 3. The van der Waals surface area contributed by atoms with Gasteiger partial charge in [0.05, 0.1) is 11.8 Å². The van der Waals surface area contributed by atoms with Crippen molar-refractivity contribution in [2.75, 3.05) is 33.5 Å². The Bertz CT molecular complexity index is 1170. The Balaban J connectivity index is 1.85. The van der Waals surface area contributed by atoms with Crippen LogP contribution in [-0.4, -0.2) is 98.3 Å². The number of carbonyl (C=O) groups excluding carboxylic acids is 3. The van der Waals surface area contributed by atoms with Gasteiger partial charge in [-0.05, 0) is 49.5 Å². The molecule has 0 radical (unpaired) electrons. The van der Waals surface area contributed by atoms with E-state index < -0.39 is 38.3 Å². The number of hydrogen-bond acceptors (Lipinski definition) is 8. The molecule has 1 aliphatic carbocycles. The molecule has 12 heteroatoms. The molecule has 0 bridgehead atoms. The van der Waals surface area contributed by atoms with Crippen LogP contribution in [0.25, 0.3) is 0 Å². The summed E-state index contributed by atoms with van der Waals surface area (Å²) < 4.78 is 17.4. The van der Waals surface area contributed by atoms with Crippen LogP contribution >= 0.6 is 0 Å². The largest absolute Gasteiger partial charge is 0.409 e. The summed E-state index contributed by atoms with van der Waals surface area (Å²) in [6.45, 7) is 9.75. The number of amides is 3. The Labute approximate surface area is 314 Å². The average molecular weight is 748 g/mol. The molecule has 1 aliphatic heterocycles. The fourth-order valence-electron chi connectivity index (χ4n) is 7.48. The zero-order chi connectivity index (χ0) is 37.9. The SMILES string of the molecule is CCCCNC(=O)[C@@H](C[Si](O)(O)[C@H](CC1CCCCC1)NC(=O)[C@H](CCCC)O[C@@H](Cc1ccccc1)C(=O)N1CCC(OCOC)CC1)C(C)C. The molecule has 3 amide bonds. The highest BCUT2D eigenvalue weighted by Crippen LogP contribution is 2.32. The molecule has 4 atom stereocenters. The van der Waals surface area contributed by atoms with E-state index in [1.807, 2.05) is 51.1 Å². The highest BCUT2D eigenvalue weighted by molar-refractivity contribution is 6.67. The molecule has 2 fully saturated rings. The van der Waals surface area contributed by atoms with Gasteiger partial charge in [-0.2, -0.15) is 0 Å². The van der Waals surface area contributed by atoms with E-state index in [2.05, 4.69) is 17.6 Å². The van der Waals surface area contributed by atoms with Crippen LogP contribution in [0.1, 0.15) is 117 Å². The van der Waals surface area contributed by atoms with Gasteiger partial charge in [-0.25, -0.2) is 0 Å². The number of piperidine rings is 1. The minimum atomic E-state index is -4.20. The average Bonchev–Trinajstić information content (AvgIpc) is 3.14. The zero-order valence-electron chi connectivity index (χ0n) is 32.7. The van der Waals surface area contributed by atoms with Crippen LogP contribution in [0.2, 0.25) is 6.04 Å². The van der Waals surface area contributed by atoms with Gasteiger partial charge in [0, 0.05) is 45.1 Å². The van der Waals surface area contributed by atoms with E-state index in [0.29, 0.717) is 58.2 Å². The lowest BCUT2D eigenvalue weighted by Crippen LogP contribution is -2.61. The molecule has 0 unspecified atom stereocenters. The fraction of sp³-hybridized carbons (Fsp3) is 0.775. The molecule has 296 valence electrons. The number of hydrogen-bond donors (Lipinski definition) is 4. The van der Waals surface area contributed by atoms with Gasteiger partial charge in [0.2, 0.25) is 11.8 Å². The van der Waals surface area contributed by atoms with Crippen molar-refractivity contribution >= 4 is 26.3 Å². The van der Waals surface area contributed by atoms with Crippen molar-refractivity contribution in [3.63, 3.8) is 0 Å². The third-order valence-electron chi connectivity index (χ3n) is 10.8. The van der Waals surface area contributed by atoms with E-state index in [-0.39, 0.29) is 42.6 Å². The first kappa shape index (κ1) is 44.0. The van der Waals surface area contributed by atoms with Crippen molar-refractivity contribution in [3.05, 3.63) is 35.9 Å². The molecular weight excluding hydrogens is 679 g/mol. The van der Waals surface area contributed by atoms with Crippen LogP contribution < -0.4 is 10.6 Å². The van der Waals surface area contributed by atoms with Crippen molar-refractivity contribution in [2.45, 2.75) is 148 Å². The predicted molar refractivity (Wildman–Crippen MR) is 205 cm³/mol. The molecule has 0 aromatic heterocycles. The standard InChI is InChI=1S/C40H69N3O8Si/c1-6-8-20-35(51-36(26-31-16-12-10-13-17-31)40(46)43-24-21-33(22-25-43)50-29-49-5)39(45)42-37(27-32-18-14-11-15-19-32)52(47,48)28-34(30(3)4)38(44)41-23-9-7-2/h10,12-13,16-17,30,32-37,47-48H,6-9,11,14-15,18-29H2,1-5H3,(H,41,44)(H,42,45)/t34-,35-,36-,37+/m0/s1. The van der Waals surface area contributed by atoms with Crippen molar-refractivity contribution in [1.29, 1.82) is 0 Å². The first-order valence-electron chi connectivity index (χ1n) is 20.1. The lowest BCUT2D eigenvalue weighted by Gasteiger charge is -2.37. The third kappa shape index (κ3) is 14.8. The van der Waals surface area contributed by atoms with Gasteiger partial charge in [-0.3, -0.25) is 14.4 Å². The van der Waals surface area contributed by atoms with Crippen LogP contribution in [-0.2, 0) is 35.0 Å². The quantitative estimate of drug-likeness (QED) is 0.0662. The van der Waals surface area contributed by atoms with Crippen LogP contribution in [0, 0.1) is 17.8 Å². The number of benzene rings is 1. The normalized spacial score (nSPS) is 18.5. The second-order valence-electron chi connectivity index (χ2n) is 15.4. The molecule has 3 rings (SSSR count). The van der Waals surface area contributed by atoms with Gasteiger partial charge < -0.3 is 39.3 Å². The maximum atomic E-state index is 14.3. The fourth-order valence-corrected chi connectivity index (χ4v) is 10.2. The topological polar surface area (TPSA) is 147 Å². The molecule has 52 heavy (non-hydrogen) atoms. The van der Waals surface area contributed by atoms with E-state index in [9.17, 15) is 24.0 Å². The molecule has 1 aromatic carbocycles. The highest BCUT2D eigenvalue weighted by atomic mass is 28.4. The lowest BCUT2D eigenvalue weighted by molar-refractivity contribution is -0.156. The van der Waals surface area contributed by atoms with Gasteiger partial charge in [0.15, 0.2) is 0 Å². The van der Waals surface area contributed by atoms with Crippen molar-refractivity contribution in [2.24, 2.45) is 17.8 Å². The van der Waals surface area contributed by atoms with Crippen molar-refractivity contribution < 1.29 is 38.2 Å². The van der Waals surface area contributed by atoms with Gasteiger partial charge in [-0.15, -0.1) is 0 Å². The van der Waals surface area contributed by atoms with Gasteiger partial charge in [-0.1, -0.05) is 109 Å². The first-order valence-corrected chi connectivity index (χ1v) is 22.3. The molecular formula is C40H69N3O8Si. The minimum absolute atomic E-state index is 0.0146. The first-order chi connectivity index (χ1) is 25.0. The molecule has 0 spiro atoms. The molecule has 11 nitrogen and oxygen atoms in total. The van der Waals surface area contributed by atoms with Gasteiger partial charge in [0.1, 0.15) is 19.0 Å². The number of ether oxygens (including phenoxy) is 3. The maximum absolute atomic E-state index is 14.3. The van der Waals surface area contributed by atoms with Crippen molar-refractivity contribution in [3.8, 4) is 0 Å². The Kier molecular flexibility index (Phi) is 19.9. The van der Waals surface area contributed by atoms with Crippen LogP contribution in [0.15, 0.2) is 30.3 Å². The molecule has 1 saturated heterocycles.